The number of amidine groups is 1. The summed E-state index contributed by atoms with van der Waals surface area (Å²) >= 11 is 0. The number of Topliss-reactive ketones (excluding diaryl/α,β-unsaturated/α-hetero) is 1. The van der Waals surface area contributed by atoms with Gasteiger partial charge in [0.2, 0.25) is 29.5 Å². The molecule has 43 heteroatoms. The lowest BCUT2D eigenvalue weighted by Crippen LogP contribution is -2.49. The number of hydrogen-bond donors (Lipinski definition) is 26. The van der Waals surface area contributed by atoms with Crippen LogP contribution in [0.2, 0.25) is 0 Å². The quantitative estimate of drug-likeness (QED) is 0.00886. The summed E-state index contributed by atoms with van der Waals surface area (Å²) in [5.74, 6) is 2.17. The number of nitrogens with zero attached hydrogens (tertiary/aromatic N) is 9. The molecule has 720 valence electrons. The van der Waals surface area contributed by atoms with E-state index in [2.05, 4.69) is 97.9 Å². The Balaban J connectivity index is 5.23. The van der Waals surface area contributed by atoms with Gasteiger partial charge in [-0.2, -0.15) is 0 Å². The van der Waals surface area contributed by atoms with E-state index in [4.69, 9.17) is 90.7 Å². The van der Waals surface area contributed by atoms with Crippen molar-refractivity contribution in [3.05, 3.63) is 0 Å². The third kappa shape index (κ3) is 76.3. The second-order valence-electron chi connectivity index (χ2n) is 31.5. The molecule has 0 aromatic rings. The van der Waals surface area contributed by atoms with Gasteiger partial charge >= 0.3 is 0 Å². The Hall–Kier alpha value is -5.44. The van der Waals surface area contributed by atoms with Crippen LogP contribution in [0.4, 0.5) is 0 Å². The second-order valence-corrected chi connectivity index (χ2v) is 34.2. The van der Waals surface area contributed by atoms with Crippen molar-refractivity contribution in [3.8, 4) is 0 Å². The van der Waals surface area contributed by atoms with Crippen LogP contribution < -0.4 is 139 Å². The number of amides is 5. The van der Waals surface area contributed by atoms with Gasteiger partial charge in [0.1, 0.15) is 12.1 Å². The Morgan fingerprint density at radius 3 is 1.18 bits per heavy atom. The van der Waals surface area contributed by atoms with Gasteiger partial charge in [0, 0.05) is 247 Å². The maximum Gasteiger partial charge on any atom is 0.237 e. The van der Waals surface area contributed by atoms with Crippen LogP contribution in [-0.2, 0) is 28.8 Å². The summed E-state index contributed by atoms with van der Waals surface area (Å²) in [6.45, 7) is 28.8. The lowest BCUT2D eigenvalue weighted by molar-refractivity contribution is -0.123. The van der Waals surface area contributed by atoms with Gasteiger partial charge < -0.3 is 154 Å². The van der Waals surface area contributed by atoms with Gasteiger partial charge in [-0.05, 0) is 162 Å². The predicted molar refractivity (Wildman–Crippen MR) is 511 cm³/mol. The van der Waals surface area contributed by atoms with Crippen molar-refractivity contribution in [1.82, 2.24) is 87.9 Å². The normalized spacial score (nSPS) is 12.9. The van der Waals surface area contributed by atoms with E-state index in [9.17, 15) is 28.8 Å². The number of aliphatic imine (C=N–C) groups is 3. The molecule has 123 heavy (non-hydrogen) atoms. The van der Waals surface area contributed by atoms with E-state index in [1.165, 1.54) is 0 Å². The van der Waals surface area contributed by atoms with Gasteiger partial charge in [-0.3, -0.25) is 63.8 Å². The fourth-order valence-corrected chi connectivity index (χ4v) is 15.4. The maximum absolute atomic E-state index is 12.9. The minimum Gasteiger partial charge on any atom is -0.387 e. The average Bonchev–Trinajstić information content (AvgIpc) is 0.977. The molecule has 0 spiro atoms. The van der Waals surface area contributed by atoms with E-state index in [-0.39, 0.29) is 53.3 Å². The standard InChI is InChI=1S/C80H177N35O6S2/c1-65(116)101-41-55-112(60-61-114(52-36-98-29-14-22-72(118)68(84)19-10-23-73(87)88)54-40-100-39-51-113(49-27-82)58-44-106-76(120)70(86)21-13-32-108-79(92)93)46-7-4-6-30-103-74(89)24-16-64-123-122-63-15-18-67(83)17-11-28-97-37-53-115(56-42-102-66(2)117)62-59-111(50-38-99-34-35-104-77(121)71(96-3)25-33-109-80(94)95)47-9-5-8-45-110(48-26-81)57-43-105-75(119)69(85)20-12-31-107-78(90)91/h68-71,73,80,83,96-100,109H,4-64,81-82,84-88,94-95H2,1-3H3,(H2,89,103)(H,101,116)(H,102,117)(H,104,121)(H,105,119)(H,106,120)(H4,90,91,107)(H4,92,93,108). The van der Waals surface area contributed by atoms with Crippen molar-refractivity contribution >= 4 is 80.4 Å². The molecule has 4 unspecified atom stereocenters. The number of hydrogen-bond acceptors (Lipinski definition) is 33. The van der Waals surface area contributed by atoms with E-state index in [0.29, 0.717) is 168 Å². The zero-order valence-corrected chi connectivity index (χ0v) is 77.6. The van der Waals surface area contributed by atoms with Crippen LogP contribution >= 0.6 is 21.6 Å². The van der Waals surface area contributed by atoms with Gasteiger partial charge in [-0.25, -0.2) is 0 Å². The van der Waals surface area contributed by atoms with Gasteiger partial charge in [0.25, 0.3) is 0 Å². The zero-order chi connectivity index (χ0) is 91.1. The summed E-state index contributed by atoms with van der Waals surface area (Å²) < 4.78 is 0. The van der Waals surface area contributed by atoms with Crippen LogP contribution in [0.1, 0.15) is 155 Å². The number of rotatable bonds is 90. The first-order valence-corrected chi connectivity index (χ1v) is 48.0. The van der Waals surface area contributed by atoms with Crippen LogP contribution in [-0.4, -0.2) is 386 Å². The monoisotopic (exact) mass is 1790 g/mol. The van der Waals surface area contributed by atoms with Crippen LogP contribution in [0.25, 0.3) is 0 Å². The highest BCUT2D eigenvalue weighted by molar-refractivity contribution is 8.76. The summed E-state index contributed by atoms with van der Waals surface area (Å²) in [6.07, 6.45) is 15.8. The van der Waals surface area contributed by atoms with Crippen LogP contribution in [0.3, 0.4) is 0 Å². The second kappa shape index (κ2) is 82.3. The maximum atomic E-state index is 12.9. The Bertz CT molecular complexity index is 2720. The van der Waals surface area contributed by atoms with E-state index in [1.54, 1.807) is 20.9 Å². The molecule has 0 fully saturated rings. The van der Waals surface area contributed by atoms with Crippen molar-refractivity contribution < 1.29 is 28.8 Å². The summed E-state index contributed by atoms with van der Waals surface area (Å²) in [5.41, 5.74) is 81.7. The Morgan fingerprint density at radius 2 is 0.732 bits per heavy atom. The molecule has 0 heterocycles. The minimum absolute atomic E-state index is 0.0155. The molecule has 4 atom stereocenters. The number of guanidine groups is 2. The summed E-state index contributed by atoms with van der Waals surface area (Å²) in [6, 6.07) is -2.14. The van der Waals surface area contributed by atoms with Crippen molar-refractivity contribution in [2.45, 2.75) is 192 Å². The molecule has 0 aromatic carbocycles. The zero-order valence-electron chi connectivity index (χ0n) is 76.0. The number of carbonyl (C=O) groups is 6. The smallest absolute Gasteiger partial charge is 0.237 e. The third-order valence-corrected chi connectivity index (χ3v) is 23.1. The molecule has 0 aliphatic carbocycles. The molecule has 0 radical (unpaired) electrons. The molecular weight excluding hydrogens is 1610 g/mol. The summed E-state index contributed by atoms with van der Waals surface area (Å²) in [7, 11) is 5.47. The van der Waals surface area contributed by atoms with Crippen LogP contribution in [0.5, 0.6) is 0 Å². The number of nitrogens with one attached hydrogen (secondary N) is 12. The number of ketones is 1. The average molecular weight is 1790 g/mol. The molecule has 0 rings (SSSR count). The van der Waals surface area contributed by atoms with E-state index in [1.807, 2.05) is 21.6 Å². The van der Waals surface area contributed by atoms with Crippen LogP contribution in [0.15, 0.2) is 15.0 Å². The fraction of sp³-hybridized carbons (Fsp3) is 0.875. The molecule has 0 saturated heterocycles. The van der Waals surface area contributed by atoms with Gasteiger partial charge in [0.15, 0.2) is 11.9 Å². The highest BCUT2D eigenvalue weighted by Crippen LogP contribution is 2.24. The topological polar surface area (TPSA) is 679 Å². The Kier molecular flexibility index (Phi) is 78.6. The lowest BCUT2D eigenvalue weighted by atomic mass is 10.0. The van der Waals surface area contributed by atoms with E-state index < -0.39 is 30.6 Å². The van der Waals surface area contributed by atoms with E-state index >= 15 is 0 Å². The largest absolute Gasteiger partial charge is 0.387 e. The molecule has 41 nitrogen and oxygen atoms in total. The van der Waals surface area contributed by atoms with Gasteiger partial charge in [-0.15, -0.1) is 0 Å². The molecule has 5 amide bonds. The molecule has 0 aliphatic heterocycles. The number of nitrogens with two attached hydrogens (primary N) is 14. The lowest BCUT2D eigenvalue weighted by Gasteiger charge is -2.28. The highest BCUT2D eigenvalue weighted by atomic mass is 33.1. The predicted octanol–water partition coefficient (Wildman–Crippen LogP) is -6.24. The van der Waals surface area contributed by atoms with Gasteiger partial charge in [0.05, 0.1) is 36.2 Å². The number of carbonyl (C=O) groups excluding carboxylic acids is 6. The molecule has 40 N–H and O–H groups in total. The molecule has 0 saturated carbocycles. The minimum atomic E-state index is -0.641. The van der Waals surface area contributed by atoms with Crippen LogP contribution in [0, 0.1) is 5.41 Å². The van der Waals surface area contributed by atoms with Crippen molar-refractivity contribution in [2.24, 2.45) is 95.2 Å². The van der Waals surface area contributed by atoms with E-state index in [0.717, 1.165) is 238 Å². The van der Waals surface area contributed by atoms with Crippen molar-refractivity contribution in [2.75, 3.05) is 261 Å². The summed E-state index contributed by atoms with van der Waals surface area (Å²) in [4.78, 5) is 102. The fourth-order valence-electron chi connectivity index (χ4n) is 13.3. The number of likely N-dealkylation sites (N-methyl/N-ethyl adjacent to an activating group) is 1. The highest BCUT2D eigenvalue weighted by Gasteiger charge is 2.20. The number of unbranched alkanes of at least 4 members (excludes halogenated alkanes) is 4. The first-order valence-electron chi connectivity index (χ1n) is 45.5. The Labute approximate surface area is 746 Å². The molecule has 0 aromatic heterocycles. The first-order chi connectivity index (χ1) is 59.2. The molecular formula is C80H177N35O6S2. The van der Waals surface area contributed by atoms with Crippen molar-refractivity contribution in [1.29, 1.82) is 5.41 Å². The van der Waals surface area contributed by atoms with Crippen molar-refractivity contribution in [3.63, 3.8) is 0 Å². The molecule has 0 aliphatic rings. The Morgan fingerprint density at radius 1 is 0.350 bits per heavy atom. The summed E-state index contributed by atoms with van der Waals surface area (Å²) in [5, 5.41) is 43.9. The third-order valence-electron chi connectivity index (χ3n) is 20.5. The molecule has 0 bridgehead atoms. The van der Waals surface area contributed by atoms with Gasteiger partial charge in [-0.1, -0.05) is 34.4 Å². The SMILES string of the molecule is CNC(CCNC(N)N)C(=O)NCCNCCN(CCCCCN(CCN)CCNC(=O)C(N)CCCN=C(N)N)CCN(CCNCCCC(=N)CCCSSCCCC(N)=NCCCCCN(CCNC(C)=O)CCN(CCNCCCC(=O)C(N)CCCC(N)N)CCNCCN(CCN)CCNC(=O)C(N)CCCN=C(N)N)CCNC(C)=O. The first kappa shape index (κ1) is 118.